The van der Waals surface area contributed by atoms with Gasteiger partial charge in [-0.1, -0.05) is 18.2 Å². The molecule has 2 aromatic carbocycles. The summed E-state index contributed by atoms with van der Waals surface area (Å²) in [4.78, 5) is 4.70. The first kappa shape index (κ1) is 15.6. The predicted octanol–water partition coefficient (Wildman–Crippen LogP) is 5.22. The average Bonchev–Trinajstić information content (AvgIpc) is 2.54. The molecule has 0 bridgehead atoms. The lowest BCUT2D eigenvalue weighted by Crippen LogP contribution is -2.02. The van der Waals surface area contributed by atoms with Crippen molar-refractivity contribution in [1.82, 2.24) is 4.98 Å². The number of halogens is 2. The van der Waals surface area contributed by atoms with Crippen molar-refractivity contribution in [3.8, 4) is 5.75 Å². The zero-order chi connectivity index (χ0) is 15.5. The number of rotatable bonds is 4. The number of fused-ring (bicyclic) bond motifs is 1. The number of hydrogen-bond donors (Lipinski definition) is 1. The van der Waals surface area contributed by atoms with E-state index in [4.69, 9.17) is 9.72 Å². The molecule has 0 radical (unpaired) electrons. The number of nitrogens with zero attached hydrogens (tertiary/aromatic N) is 1. The van der Waals surface area contributed by atoms with E-state index in [1.54, 1.807) is 7.11 Å². The van der Waals surface area contributed by atoms with Crippen LogP contribution >= 0.6 is 38.5 Å². The highest BCUT2D eigenvalue weighted by Crippen LogP contribution is 2.26. The van der Waals surface area contributed by atoms with Gasteiger partial charge < -0.3 is 10.1 Å². The molecule has 0 saturated carbocycles. The lowest BCUT2D eigenvalue weighted by Gasteiger charge is -2.10. The van der Waals surface area contributed by atoms with E-state index in [0.29, 0.717) is 6.54 Å². The number of aromatic nitrogens is 1. The van der Waals surface area contributed by atoms with Crippen LogP contribution < -0.4 is 10.1 Å². The van der Waals surface area contributed by atoms with Gasteiger partial charge in [0.15, 0.2) is 0 Å². The van der Waals surface area contributed by atoms with Crippen LogP contribution in [0.1, 0.15) is 5.56 Å². The van der Waals surface area contributed by atoms with Gasteiger partial charge in [0.05, 0.1) is 17.1 Å². The molecule has 1 aromatic heterocycles. The van der Waals surface area contributed by atoms with Crippen LogP contribution in [-0.2, 0) is 6.54 Å². The first-order valence-corrected chi connectivity index (χ1v) is 8.65. The molecule has 0 atom stereocenters. The fourth-order valence-electron chi connectivity index (χ4n) is 2.17. The normalized spacial score (nSPS) is 10.7. The van der Waals surface area contributed by atoms with Crippen LogP contribution in [0.3, 0.4) is 0 Å². The molecule has 0 saturated heterocycles. The van der Waals surface area contributed by atoms with Gasteiger partial charge in [-0.05, 0) is 74.4 Å². The standard InChI is InChI=1S/C17H14BrIN2O/c1-22-14-6-2-11(3-7-14)10-20-17-15(18)8-12-4-5-13(19)9-16(12)21-17/h2-9H,10H2,1H3,(H,20,21). The van der Waals surface area contributed by atoms with Gasteiger partial charge in [0.1, 0.15) is 11.6 Å². The van der Waals surface area contributed by atoms with Crippen LogP contribution in [0.2, 0.25) is 0 Å². The van der Waals surface area contributed by atoms with E-state index >= 15 is 0 Å². The van der Waals surface area contributed by atoms with E-state index in [1.165, 1.54) is 9.13 Å². The molecule has 0 aliphatic carbocycles. The highest BCUT2D eigenvalue weighted by Gasteiger charge is 2.05. The summed E-state index contributed by atoms with van der Waals surface area (Å²) in [6.07, 6.45) is 0. The quantitative estimate of drug-likeness (QED) is 0.533. The maximum Gasteiger partial charge on any atom is 0.141 e. The van der Waals surface area contributed by atoms with Crippen LogP contribution in [0, 0.1) is 3.57 Å². The van der Waals surface area contributed by atoms with Gasteiger partial charge in [-0.15, -0.1) is 0 Å². The molecule has 3 aromatic rings. The van der Waals surface area contributed by atoms with E-state index in [2.05, 4.69) is 68.1 Å². The lowest BCUT2D eigenvalue weighted by atomic mass is 10.2. The smallest absolute Gasteiger partial charge is 0.141 e. The van der Waals surface area contributed by atoms with Crippen LogP contribution in [0.5, 0.6) is 5.75 Å². The molecule has 3 rings (SSSR count). The second-order valence-electron chi connectivity index (χ2n) is 4.86. The van der Waals surface area contributed by atoms with Gasteiger partial charge in [0, 0.05) is 15.5 Å². The third-order valence-corrected chi connectivity index (χ3v) is 4.63. The number of nitrogens with one attached hydrogen (secondary N) is 1. The molecule has 0 aliphatic rings. The van der Waals surface area contributed by atoms with Crippen molar-refractivity contribution in [3.63, 3.8) is 0 Å². The van der Waals surface area contributed by atoms with Crippen molar-refractivity contribution < 1.29 is 4.74 Å². The Kier molecular flexibility index (Phi) is 4.83. The monoisotopic (exact) mass is 468 g/mol. The summed E-state index contributed by atoms with van der Waals surface area (Å²) < 4.78 is 7.32. The highest BCUT2D eigenvalue weighted by molar-refractivity contribution is 14.1. The number of benzene rings is 2. The summed E-state index contributed by atoms with van der Waals surface area (Å²) in [5.41, 5.74) is 2.17. The highest BCUT2D eigenvalue weighted by atomic mass is 127. The fourth-order valence-corrected chi connectivity index (χ4v) is 3.12. The van der Waals surface area contributed by atoms with Crippen LogP contribution in [0.15, 0.2) is 53.0 Å². The van der Waals surface area contributed by atoms with Gasteiger partial charge >= 0.3 is 0 Å². The summed E-state index contributed by atoms with van der Waals surface area (Å²) in [6.45, 7) is 0.713. The fraction of sp³-hybridized carbons (Fsp3) is 0.118. The number of anilines is 1. The van der Waals surface area contributed by atoms with Crippen molar-refractivity contribution in [2.24, 2.45) is 0 Å². The van der Waals surface area contributed by atoms with Crippen molar-refractivity contribution in [2.75, 3.05) is 12.4 Å². The van der Waals surface area contributed by atoms with E-state index in [0.717, 1.165) is 26.9 Å². The molecule has 0 amide bonds. The molecule has 22 heavy (non-hydrogen) atoms. The molecule has 1 N–H and O–H groups in total. The Morgan fingerprint density at radius 2 is 1.91 bits per heavy atom. The summed E-state index contributed by atoms with van der Waals surface area (Å²) in [6, 6.07) is 16.4. The Hall–Kier alpha value is -1.34. The minimum Gasteiger partial charge on any atom is -0.497 e. The van der Waals surface area contributed by atoms with Gasteiger partial charge in [-0.25, -0.2) is 4.98 Å². The molecule has 1 heterocycles. The van der Waals surface area contributed by atoms with E-state index < -0.39 is 0 Å². The number of ether oxygens (including phenoxy) is 1. The SMILES string of the molecule is COc1ccc(CNc2nc3cc(I)ccc3cc2Br)cc1. The Bertz CT molecular complexity index is 806. The Labute approximate surface area is 151 Å². The number of methoxy groups -OCH3 is 1. The summed E-state index contributed by atoms with van der Waals surface area (Å²) in [5, 5.41) is 4.50. The third-order valence-electron chi connectivity index (χ3n) is 3.35. The molecular formula is C17H14BrIN2O. The van der Waals surface area contributed by atoms with Crippen molar-refractivity contribution in [1.29, 1.82) is 0 Å². The van der Waals surface area contributed by atoms with Gasteiger partial charge in [0.25, 0.3) is 0 Å². The van der Waals surface area contributed by atoms with E-state index in [1.807, 2.05) is 24.3 Å². The van der Waals surface area contributed by atoms with Gasteiger partial charge in [0.2, 0.25) is 0 Å². The average molecular weight is 469 g/mol. The maximum atomic E-state index is 5.17. The Balaban J connectivity index is 1.81. The molecule has 112 valence electrons. The van der Waals surface area contributed by atoms with Crippen LogP contribution in [-0.4, -0.2) is 12.1 Å². The Morgan fingerprint density at radius 3 is 2.64 bits per heavy atom. The first-order chi connectivity index (χ1) is 10.7. The minimum absolute atomic E-state index is 0.713. The Morgan fingerprint density at radius 1 is 1.14 bits per heavy atom. The predicted molar refractivity (Wildman–Crippen MR) is 102 cm³/mol. The first-order valence-electron chi connectivity index (χ1n) is 6.78. The summed E-state index contributed by atoms with van der Waals surface area (Å²) in [7, 11) is 1.67. The maximum absolute atomic E-state index is 5.17. The molecule has 0 spiro atoms. The van der Waals surface area contributed by atoms with Crippen LogP contribution in [0.4, 0.5) is 5.82 Å². The molecule has 0 unspecified atom stereocenters. The second kappa shape index (κ2) is 6.83. The number of hydrogen-bond acceptors (Lipinski definition) is 3. The molecule has 0 aliphatic heterocycles. The molecule has 3 nitrogen and oxygen atoms in total. The van der Waals surface area contributed by atoms with Crippen molar-refractivity contribution in [2.45, 2.75) is 6.54 Å². The van der Waals surface area contributed by atoms with E-state index in [-0.39, 0.29) is 0 Å². The van der Waals surface area contributed by atoms with Crippen molar-refractivity contribution in [3.05, 3.63) is 62.1 Å². The van der Waals surface area contributed by atoms with Crippen molar-refractivity contribution >= 4 is 55.2 Å². The van der Waals surface area contributed by atoms with Gasteiger partial charge in [-0.3, -0.25) is 0 Å². The largest absolute Gasteiger partial charge is 0.497 e. The van der Waals surface area contributed by atoms with Gasteiger partial charge in [-0.2, -0.15) is 0 Å². The minimum atomic E-state index is 0.713. The third kappa shape index (κ3) is 3.52. The lowest BCUT2D eigenvalue weighted by molar-refractivity contribution is 0.414. The molecule has 5 heteroatoms. The number of pyridine rings is 1. The molecular weight excluding hydrogens is 455 g/mol. The topological polar surface area (TPSA) is 34.1 Å². The second-order valence-corrected chi connectivity index (χ2v) is 6.96. The summed E-state index contributed by atoms with van der Waals surface area (Å²) in [5.74, 6) is 1.72. The zero-order valence-corrected chi connectivity index (χ0v) is 15.7. The zero-order valence-electron chi connectivity index (χ0n) is 11.9. The molecule has 0 fully saturated rings. The van der Waals surface area contributed by atoms with Crippen LogP contribution in [0.25, 0.3) is 10.9 Å². The summed E-state index contributed by atoms with van der Waals surface area (Å²) >= 11 is 5.89. The van der Waals surface area contributed by atoms with E-state index in [9.17, 15) is 0 Å².